The number of nitrogens with one attached hydrogen (secondary N) is 1. The molecule has 25 heavy (non-hydrogen) atoms. The van der Waals surface area contributed by atoms with E-state index in [2.05, 4.69) is 16.5 Å². The minimum atomic E-state index is -0.318. The van der Waals surface area contributed by atoms with E-state index in [1.807, 2.05) is 26.0 Å². The minimum Gasteiger partial charge on any atom is -0.467 e. The van der Waals surface area contributed by atoms with Crippen molar-refractivity contribution >= 4 is 5.91 Å². The van der Waals surface area contributed by atoms with Crippen molar-refractivity contribution in [2.75, 3.05) is 0 Å². The van der Waals surface area contributed by atoms with Gasteiger partial charge in [-0.3, -0.25) is 9.59 Å². The second kappa shape index (κ2) is 7.17. The summed E-state index contributed by atoms with van der Waals surface area (Å²) in [6.45, 7) is 4.15. The Balaban J connectivity index is 1.77. The lowest BCUT2D eigenvalue weighted by atomic mass is 10.0. The first-order valence-corrected chi connectivity index (χ1v) is 7.98. The van der Waals surface area contributed by atoms with Crippen LogP contribution in [-0.4, -0.2) is 15.7 Å². The van der Waals surface area contributed by atoms with Gasteiger partial charge in [-0.2, -0.15) is 5.10 Å². The first-order chi connectivity index (χ1) is 12.0. The van der Waals surface area contributed by atoms with E-state index in [9.17, 15) is 9.59 Å². The summed E-state index contributed by atoms with van der Waals surface area (Å²) in [4.78, 5) is 24.1. The predicted octanol–water partition coefficient (Wildman–Crippen LogP) is 2.44. The van der Waals surface area contributed by atoms with Gasteiger partial charge in [0.15, 0.2) is 0 Å². The molecular formula is C19H19N3O3. The van der Waals surface area contributed by atoms with Crippen LogP contribution < -0.4 is 10.9 Å². The number of benzene rings is 1. The topological polar surface area (TPSA) is 77.1 Å². The molecule has 0 radical (unpaired) electrons. The Labute approximate surface area is 145 Å². The van der Waals surface area contributed by atoms with Crippen LogP contribution in [0.15, 0.2) is 57.9 Å². The molecule has 2 aromatic heterocycles. The third kappa shape index (κ3) is 4.03. The van der Waals surface area contributed by atoms with Crippen LogP contribution in [0.5, 0.6) is 0 Å². The van der Waals surface area contributed by atoms with Gasteiger partial charge in [0, 0.05) is 11.6 Å². The molecule has 0 saturated carbocycles. The number of aryl methyl sites for hydroxylation is 2. The van der Waals surface area contributed by atoms with Crippen molar-refractivity contribution in [1.82, 2.24) is 15.1 Å². The van der Waals surface area contributed by atoms with E-state index < -0.39 is 0 Å². The van der Waals surface area contributed by atoms with Crippen LogP contribution in [0, 0.1) is 13.8 Å². The van der Waals surface area contributed by atoms with Crippen molar-refractivity contribution in [2.45, 2.75) is 26.9 Å². The average Bonchev–Trinajstić information content (AvgIpc) is 3.09. The number of rotatable bonds is 5. The number of carbonyl (C=O) groups excluding carboxylic acids is 1. The standard InChI is InChI=1S/C19H19N3O3/c1-13-5-6-16(14(2)10-13)17-7-8-19(24)22(21-17)12-18(23)20-11-15-4-3-9-25-15/h3-10H,11-12H2,1-2H3,(H,20,23). The summed E-state index contributed by atoms with van der Waals surface area (Å²) in [6.07, 6.45) is 1.54. The van der Waals surface area contributed by atoms with E-state index in [0.717, 1.165) is 16.7 Å². The molecule has 6 nitrogen and oxygen atoms in total. The van der Waals surface area contributed by atoms with E-state index in [1.54, 1.807) is 24.5 Å². The van der Waals surface area contributed by atoms with Gasteiger partial charge in [-0.1, -0.05) is 23.8 Å². The zero-order valence-electron chi connectivity index (χ0n) is 14.2. The van der Waals surface area contributed by atoms with Crippen LogP contribution in [0.2, 0.25) is 0 Å². The molecule has 0 fully saturated rings. The van der Waals surface area contributed by atoms with Gasteiger partial charge >= 0.3 is 0 Å². The quantitative estimate of drug-likeness (QED) is 0.776. The first-order valence-electron chi connectivity index (χ1n) is 7.98. The number of furan rings is 1. The van der Waals surface area contributed by atoms with Crippen LogP contribution in [0.25, 0.3) is 11.3 Å². The summed E-state index contributed by atoms with van der Waals surface area (Å²) in [6, 6.07) is 12.7. The Bertz CT molecular complexity index is 943. The van der Waals surface area contributed by atoms with Crippen molar-refractivity contribution in [3.63, 3.8) is 0 Å². The third-order valence-electron chi connectivity index (χ3n) is 3.86. The number of hydrogen-bond acceptors (Lipinski definition) is 4. The van der Waals surface area contributed by atoms with Gasteiger partial charge in [0.2, 0.25) is 5.91 Å². The molecule has 0 bridgehead atoms. The van der Waals surface area contributed by atoms with Gasteiger partial charge in [0.1, 0.15) is 12.3 Å². The van der Waals surface area contributed by atoms with Crippen LogP contribution in [-0.2, 0) is 17.9 Å². The molecular weight excluding hydrogens is 318 g/mol. The molecule has 1 amide bonds. The van der Waals surface area contributed by atoms with Crippen molar-refractivity contribution in [3.8, 4) is 11.3 Å². The third-order valence-corrected chi connectivity index (χ3v) is 3.86. The van der Waals surface area contributed by atoms with E-state index in [1.165, 1.54) is 10.7 Å². The predicted molar refractivity (Wildman–Crippen MR) is 94.0 cm³/mol. The SMILES string of the molecule is Cc1ccc(-c2ccc(=O)n(CC(=O)NCc3ccco3)n2)c(C)c1. The minimum absolute atomic E-state index is 0.141. The molecule has 0 aliphatic rings. The van der Waals surface area contributed by atoms with Gasteiger partial charge in [-0.25, -0.2) is 4.68 Å². The summed E-state index contributed by atoms with van der Waals surface area (Å²) in [5, 5.41) is 7.04. The molecule has 0 atom stereocenters. The molecule has 1 aromatic carbocycles. The number of hydrogen-bond donors (Lipinski definition) is 1. The van der Waals surface area contributed by atoms with Crippen molar-refractivity contribution in [1.29, 1.82) is 0 Å². The van der Waals surface area contributed by atoms with Gasteiger partial charge < -0.3 is 9.73 Å². The van der Waals surface area contributed by atoms with Gasteiger partial charge in [0.05, 0.1) is 18.5 Å². The molecule has 0 saturated heterocycles. The first kappa shape index (κ1) is 16.7. The number of carbonyl (C=O) groups is 1. The Hall–Kier alpha value is -3.15. The maximum Gasteiger partial charge on any atom is 0.267 e. The maximum absolute atomic E-state index is 12.1. The zero-order chi connectivity index (χ0) is 17.8. The molecule has 128 valence electrons. The van der Waals surface area contributed by atoms with E-state index >= 15 is 0 Å². The summed E-state index contributed by atoms with van der Waals surface area (Å²) in [7, 11) is 0. The Morgan fingerprint density at radius 3 is 2.76 bits per heavy atom. The molecule has 0 aliphatic heterocycles. The molecule has 3 aromatic rings. The second-order valence-corrected chi connectivity index (χ2v) is 5.89. The van der Waals surface area contributed by atoms with Gasteiger partial charge in [0.25, 0.3) is 5.56 Å². The molecule has 1 N–H and O–H groups in total. The lowest BCUT2D eigenvalue weighted by molar-refractivity contribution is -0.122. The van der Waals surface area contributed by atoms with Crippen LogP contribution in [0.1, 0.15) is 16.9 Å². The molecule has 3 rings (SSSR count). The van der Waals surface area contributed by atoms with Crippen molar-refractivity contribution < 1.29 is 9.21 Å². The Morgan fingerprint density at radius 1 is 1.20 bits per heavy atom. The monoisotopic (exact) mass is 337 g/mol. The van der Waals surface area contributed by atoms with E-state index in [4.69, 9.17) is 4.42 Å². The van der Waals surface area contributed by atoms with Crippen LogP contribution in [0.4, 0.5) is 0 Å². The highest BCUT2D eigenvalue weighted by Gasteiger charge is 2.10. The van der Waals surface area contributed by atoms with E-state index in [-0.39, 0.29) is 24.6 Å². The van der Waals surface area contributed by atoms with Gasteiger partial charge in [-0.05, 0) is 37.6 Å². The van der Waals surface area contributed by atoms with Crippen molar-refractivity contribution in [2.24, 2.45) is 0 Å². The second-order valence-electron chi connectivity index (χ2n) is 5.89. The van der Waals surface area contributed by atoms with Crippen LogP contribution in [0.3, 0.4) is 0 Å². The largest absolute Gasteiger partial charge is 0.467 e. The summed E-state index contributed by atoms with van der Waals surface area (Å²) >= 11 is 0. The lowest BCUT2D eigenvalue weighted by Crippen LogP contribution is -2.33. The molecule has 0 aliphatic carbocycles. The summed E-state index contributed by atoms with van der Waals surface area (Å²) in [5.74, 6) is 0.349. The normalized spacial score (nSPS) is 10.6. The lowest BCUT2D eigenvalue weighted by Gasteiger charge is -2.10. The highest BCUT2D eigenvalue weighted by Crippen LogP contribution is 2.21. The zero-order valence-corrected chi connectivity index (χ0v) is 14.2. The Morgan fingerprint density at radius 2 is 2.04 bits per heavy atom. The average molecular weight is 337 g/mol. The molecule has 0 unspecified atom stereocenters. The number of nitrogens with zero attached hydrogens (tertiary/aromatic N) is 2. The van der Waals surface area contributed by atoms with Crippen molar-refractivity contribution in [3.05, 3.63) is 76.0 Å². The molecule has 6 heteroatoms. The Kier molecular flexibility index (Phi) is 4.79. The summed E-state index contributed by atoms with van der Waals surface area (Å²) in [5.41, 5.74) is 3.51. The van der Waals surface area contributed by atoms with Crippen LogP contribution >= 0.6 is 0 Å². The highest BCUT2D eigenvalue weighted by atomic mass is 16.3. The maximum atomic E-state index is 12.1. The molecule has 0 spiro atoms. The fourth-order valence-corrected chi connectivity index (χ4v) is 2.60. The van der Waals surface area contributed by atoms with E-state index in [0.29, 0.717) is 11.5 Å². The number of amides is 1. The fourth-order valence-electron chi connectivity index (χ4n) is 2.60. The fraction of sp³-hybridized carbons (Fsp3) is 0.211. The smallest absolute Gasteiger partial charge is 0.267 e. The molecule has 2 heterocycles. The van der Waals surface area contributed by atoms with Gasteiger partial charge in [-0.15, -0.1) is 0 Å². The highest BCUT2D eigenvalue weighted by molar-refractivity contribution is 5.75. The number of aromatic nitrogens is 2. The summed E-state index contributed by atoms with van der Waals surface area (Å²) < 4.78 is 6.33.